The lowest BCUT2D eigenvalue weighted by Gasteiger charge is -2.17. The van der Waals surface area contributed by atoms with Crippen LogP contribution in [0.15, 0.2) is 65.7 Å². The number of carbonyl (C=O) groups excluding carboxylic acids is 1. The lowest BCUT2D eigenvalue weighted by Crippen LogP contribution is -2.22. The van der Waals surface area contributed by atoms with E-state index in [-0.39, 0.29) is 5.78 Å². The molecule has 1 aliphatic heterocycles. The molecule has 2 aromatic carbocycles. The van der Waals surface area contributed by atoms with Crippen LogP contribution in [-0.4, -0.2) is 24.6 Å². The second-order valence-electron chi connectivity index (χ2n) is 6.05. The normalized spacial score (nSPS) is 13.0. The Morgan fingerprint density at radius 3 is 2.75 bits per heavy atom. The fourth-order valence-electron chi connectivity index (χ4n) is 2.73. The number of Topliss-reactive ketones (excluding diaryl/α,β-unsaturated/α-hetero) is 1. The summed E-state index contributed by atoms with van der Waals surface area (Å²) in [6.45, 7) is 7.13. The Morgan fingerprint density at radius 2 is 2.00 bits per heavy atom. The minimum absolute atomic E-state index is 0.0208. The fourth-order valence-corrected chi connectivity index (χ4v) is 2.73. The van der Waals surface area contributed by atoms with E-state index in [9.17, 15) is 4.79 Å². The van der Waals surface area contributed by atoms with Crippen molar-refractivity contribution in [3.8, 4) is 5.75 Å². The van der Waals surface area contributed by atoms with Crippen LogP contribution in [0.2, 0.25) is 0 Å². The predicted molar refractivity (Wildman–Crippen MR) is 97.2 cm³/mol. The average Bonchev–Trinajstić information content (AvgIpc) is 2.61. The first-order valence-corrected chi connectivity index (χ1v) is 8.20. The second-order valence-corrected chi connectivity index (χ2v) is 6.05. The average molecular weight is 319 g/mol. The Labute approximate surface area is 142 Å². The zero-order valence-electron chi connectivity index (χ0n) is 13.9. The Kier molecular flexibility index (Phi) is 4.90. The van der Waals surface area contributed by atoms with Gasteiger partial charge in [-0.25, -0.2) is 0 Å². The largest absolute Gasteiger partial charge is 0.493 e. The summed E-state index contributed by atoms with van der Waals surface area (Å²) < 4.78 is 5.78. The van der Waals surface area contributed by atoms with Gasteiger partial charge in [-0.15, -0.1) is 6.58 Å². The minimum atomic E-state index is -0.0208. The molecular formula is C21H21NO2. The van der Waals surface area contributed by atoms with Gasteiger partial charge in [0, 0.05) is 24.1 Å². The van der Waals surface area contributed by atoms with Crippen LogP contribution in [-0.2, 0) is 6.42 Å². The minimum Gasteiger partial charge on any atom is -0.493 e. The van der Waals surface area contributed by atoms with E-state index < -0.39 is 0 Å². The molecule has 0 radical (unpaired) electrons. The highest BCUT2D eigenvalue weighted by Gasteiger charge is 2.22. The van der Waals surface area contributed by atoms with Crippen molar-refractivity contribution < 1.29 is 9.53 Å². The maximum Gasteiger partial charge on any atom is 0.211 e. The van der Waals surface area contributed by atoms with Gasteiger partial charge in [0.15, 0.2) is 0 Å². The first kappa shape index (κ1) is 16.2. The summed E-state index contributed by atoms with van der Waals surface area (Å²) in [6.07, 6.45) is 1.68. The monoisotopic (exact) mass is 319 g/mol. The molecule has 3 rings (SSSR count). The van der Waals surface area contributed by atoms with E-state index in [2.05, 4.69) is 11.6 Å². The molecule has 0 N–H and O–H groups in total. The van der Waals surface area contributed by atoms with E-state index in [1.54, 1.807) is 0 Å². The van der Waals surface area contributed by atoms with Gasteiger partial charge in [0.2, 0.25) is 5.78 Å². The molecular weight excluding hydrogens is 298 g/mol. The highest BCUT2D eigenvalue weighted by atomic mass is 16.5. The molecule has 2 aromatic rings. The van der Waals surface area contributed by atoms with Crippen LogP contribution in [0.3, 0.4) is 0 Å². The van der Waals surface area contributed by atoms with Crippen molar-refractivity contribution in [2.45, 2.75) is 19.8 Å². The summed E-state index contributed by atoms with van der Waals surface area (Å²) in [6, 6.07) is 15.2. The molecule has 122 valence electrons. The molecule has 0 atom stereocenters. The highest BCUT2D eigenvalue weighted by Crippen LogP contribution is 2.24. The molecule has 1 aliphatic rings. The van der Waals surface area contributed by atoms with Crippen LogP contribution >= 0.6 is 0 Å². The second kappa shape index (κ2) is 7.26. The number of fused-ring (bicyclic) bond motifs is 1. The van der Waals surface area contributed by atoms with Crippen molar-refractivity contribution in [2.75, 3.05) is 13.2 Å². The number of nitrogens with zero attached hydrogens (tertiary/aromatic N) is 1. The lowest BCUT2D eigenvalue weighted by atomic mass is 9.92. The van der Waals surface area contributed by atoms with Crippen LogP contribution in [0.25, 0.3) is 0 Å². The summed E-state index contributed by atoms with van der Waals surface area (Å²) in [5, 5.41) is 0. The zero-order chi connectivity index (χ0) is 16.9. The number of carbonyl (C=O) groups is 1. The van der Waals surface area contributed by atoms with Gasteiger partial charge in [0.1, 0.15) is 11.5 Å². The molecule has 1 heterocycles. The van der Waals surface area contributed by atoms with Crippen LogP contribution in [0, 0.1) is 0 Å². The first-order chi connectivity index (χ1) is 11.6. The number of ether oxygens (including phenoxy) is 1. The van der Waals surface area contributed by atoms with E-state index in [4.69, 9.17) is 4.74 Å². The number of aliphatic imine (C=N–C) groups is 1. The van der Waals surface area contributed by atoms with Gasteiger partial charge in [-0.05, 0) is 37.1 Å². The Bertz CT molecular complexity index is 791. The zero-order valence-corrected chi connectivity index (χ0v) is 13.9. The Balaban J connectivity index is 1.81. The third kappa shape index (κ3) is 3.62. The summed E-state index contributed by atoms with van der Waals surface area (Å²) >= 11 is 0. The fraction of sp³-hybridized carbons (Fsp3) is 0.238. The Hall–Kier alpha value is -2.68. The van der Waals surface area contributed by atoms with Crippen molar-refractivity contribution >= 4 is 11.5 Å². The molecule has 0 saturated heterocycles. The molecule has 0 unspecified atom stereocenters. The summed E-state index contributed by atoms with van der Waals surface area (Å²) in [5.41, 5.74) is 4.37. The van der Waals surface area contributed by atoms with Crippen molar-refractivity contribution in [1.29, 1.82) is 0 Å². The molecule has 0 amide bonds. The van der Waals surface area contributed by atoms with Gasteiger partial charge < -0.3 is 4.74 Å². The van der Waals surface area contributed by atoms with Gasteiger partial charge >= 0.3 is 0 Å². The molecule has 0 fully saturated rings. The van der Waals surface area contributed by atoms with Crippen LogP contribution in [0.5, 0.6) is 5.75 Å². The van der Waals surface area contributed by atoms with Crippen molar-refractivity contribution in [3.05, 3.63) is 77.4 Å². The molecule has 0 bridgehead atoms. The third-order valence-corrected chi connectivity index (χ3v) is 4.03. The Morgan fingerprint density at radius 1 is 1.21 bits per heavy atom. The van der Waals surface area contributed by atoms with Crippen LogP contribution in [0.1, 0.15) is 34.8 Å². The standard InChI is InChI=1S/C21H21NO2/c1-15(2)11-13-24-18-8-9-19-17(14-18)10-12-22-20(19)21(23)16-6-4-3-5-7-16/h3-9,14H,1,10-13H2,2H3. The SMILES string of the molecule is C=C(C)CCOc1ccc2c(c1)CCN=C2C(=O)c1ccccc1. The maximum atomic E-state index is 12.7. The molecule has 0 aromatic heterocycles. The molecule has 3 heteroatoms. The quantitative estimate of drug-likeness (QED) is 0.589. The van der Waals surface area contributed by atoms with Crippen molar-refractivity contribution in [2.24, 2.45) is 4.99 Å². The van der Waals surface area contributed by atoms with Crippen LogP contribution < -0.4 is 4.74 Å². The predicted octanol–water partition coefficient (Wildman–Crippen LogP) is 4.26. The number of hydrogen-bond donors (Lipinski definition) is 0. The van der Waals surface area contributed by atoms with Gasteiger partial charge in [-0.1, -0.05) is 35.9 Å². The van der Waals surface area contributed by atoms with Gasteiger partial charge in [-0.2, -0.15) is 0 Å². The molecule has 0 aliphatic carbocycles. The topological polar surface area (TPSA) is 38.7 Å². The highest BCUT2D eigenvalue weighted by molar-refractivity contribution is 6.51. The smallest absolute Gasteiger partial charge is 0.211 e. The van der Waals surface area contributed by atoms with E-state index in [0.717, 1.165) is 35.3 Å². The van der Waals surface area contributed by atoms with Gasteiger partial charge in [0.25, 0.3) is 0 Å². The van der Waals surface area contributed by atoms with E-state index in [1.807, 2.05) is 55.5 Å². The van der Waals surface area contributed by atoms with E-state index >= 15 is 0 Å². The van der Waals surface area contributed by atoms with Crippen LogP contribution in [0.4, 0.5) is 0 Å². The third-order valence-electron chi connectivity index (χ3n) is 4.03. The number of ketones is 1. The summed E-state index contributed by atoms with van der Waals surface area (Å²) in [4.78, 5) is 17.2. The van der Waals surface area contributed by atoms with E-state index in [0.29, 0.717) is 24.4 Å². The van der Waals surface area contributed by atoms with Gasteiger partial charge in [0.05, 0.1) is 6.61 Å². The van der Waals surface area contributed by atoms with Crippen molar-refractivity contribution in [3.63, 3.8) is 0 Å². The molecule has 0 spiro atoms. The van der Waals surface area contributed by atoms with Crippen molar-refractivity contribution in [1.82, 2.24) is 0 Å². The molecule has 24 heavy (non-hydrogen) atoms. The number of rotatable bonds is 6. The first-order valence-electron chi connectivity index (χ1n) is 8.20. The van der Waals surface area contributed by atoms with Gasteiger partial charge in [-0.3, -0.25) is 9.79 Å². The lowest BCUT2D eigenvalue weighted by molar-refractivity contribution is 0.106. The summed E-state index contributed by atoms with van der Waals surface area (Å²) in [7, 11) is 0. The van der Waals surface area contributed by atoms with E-state index in [1.165, 1.54) is 0 Å². The summed E-state index contributed by atoms with van der Waals surface area (Å²) in [5.74, 6) is 0.816. The number of hydrogen-bond acceptors (Lipinski definition) is 3. The maximum absolute atomic E-state index is 12.7. The number of benzene rings is 2. The molecule has 3 nitrogen and oxygen atoms in total. The molecule has 0 saturated carbocycles.